The Morgan fingerprint density at radius 3 is 2.75 bits per heavy atom. The molecule has 1 saturated heterocycles. The van der Waals surface area contributed by atoms with E-state index in [1.54, 1.807) is 0 Å². The predicted octanol–water partition coefficient (Wildman–Crippen LogP) is 3.27. The van der Waals surface area contributed by atoms with Crippen LogP contribution in [0, 0.1) is 0 Å². The maximum Gasteiger partial charge on any atom is 0.233 e. The van der Waals surface area contributed by atoms with Crippen molar-refractivity contribution in [3.05, 3.63) is 54.1 Å². The highest BCUT2D eigenvalue weighted by molar-refractivity contribution is 5.91. The highest BCUT2D eigenvalue weighted by atomic mass is 16.2. The third-order valence-electron chi connectivity index (χ3n) is 6.31. The van der Waals surface area contributed by atoms with Gasteiger partial charge in [0, 0.05) is 37.9 Å². The molecule has 0 N–H and O–H groups in total. The molecule has 5 nitrogen and oxygen atoms in total. The van der Waals surface area contributed by atoms with Gasteiger partial charge in [0.15, 0.2) is 0 Å². The van der Waals surface area contributed by atoms with E-state index >= 15 is 0 Å². The second-order valence-electron chi connectivity index (χ2n) is 8.67. The Balaban J connectivity index is 1.44. The van der Waals surface area contributed by atoms with E-state index in [0.29, 0.717) is 11.8 Å². The SMILES string of the molecule is CN(C)CCCn1ccnc1[C@@H]1CCCN(C(=O)C2(c3ccccc3)CC2)C1. The van der Waals surface area contributed by atoms with Crippen LogP contribution in [0.2, 0.25) is 0 Å². The molecule has 0 spiro atoms. The van der Waals surface area contributed by atoms with Gasteiger partial charge in [-0.3, -0.25) is 4.79 Å². The van der Waals surface area contributed by atoms with Crippen molar-refractivity contribution < 1.29 is 4.79 Å². The Morgan fingerprint density at radius 2 is 2.04 bits per heavy atom. The molecule has 0 radical (unpaired) electrons. The van der Waals surface area contributed by atoms with E-state index in [4.69, 9.17) is 0 Å². The van der Waals surface area contributed by atoms with Crippen LogP contribution in [0.25, 0.3) is 0 Å². The third kappa shape index (κ3) is 3.86. The van der Waals surface area contributed by atoms with Crippen LogP contribution in [-0.4, -0.2) is 59.0 Å². The summed E-state index contributed by atoms with van der Waals surface area (Å²) in [6, 6.07) is 10.4. The molecular weight excluding hydrogens is 348 g/mol. The fourth-order valence-corrected chi connectivity index (χ4v) is 4.61. The largest absolute Gasteiger partial charge is 0.341 e. The van der Waals surface area contributed by atoms with Gasteiger partial charge < -0.3 is 14.4 Å². The molecule has 1 aliphatic heterocycles. The number of aromatic nitrogens is 2. The number of carbonyl (C=O) groups is 1. The third-order valence-corrected chi connectivity index (χ3v) is 6.31. The van der Waals surface area contributed by atoms with Crippen molar-refractivity contribution >= 4 is 5.91 Å². The standard InChI is InChI=1S/C23H32N4O/c1-25(2)14-7-16-26-17-13-24-21(26)19-8-6-15-27(18-19)22(28)23(11-12-23)20-9-4-3-5-10-20/h3-5,9-10,13,17,19H,6-8,11-12,14-16,18H2,1-2H3/t19-/m1/s1. The van der Waals surface area contributed by atoms with Crippen molar-refractivity contribution in [1.29, 1.82) is 0 Å². The summed E-state index contributed by atoms with van der Waals surface area (Å²) in [6.45, 7) is 3.75. The lowest BCUT2D eigenvalue weighted by Crippen LogP contribution is -2.45. The van der Waals surface area contributed by atoms with E-state index in [0.717, 1.165) is 64.1 Å². The number of likely N-dealkylation sites (tertiary alicyclic amines) is 1. The lowest BCUT2D eigenvalue weighted by molar-refractivity contribution is -0.135. The van der Waals surface area contributed by atoms with Gasteiger partial charge in [-0.25, -0.2) is 4.98 Å². The minimum Gasteiger partial charge on any atom is -0.341 e. The van der Waals surface area contributed by atoms with Crippen LogP contribution in [0.1, 0.15) is 49.4 Å². The van der Waals surface area contributed by atoms with Crippen LogP contribution < -0.4 is 0 Å². The number of imidazole rings is 1. The molecular formula is C23H32N4O. The summed E-state index contributed by atoms with van der Waals surface area (Å²) < 4.78 is 2.30. The summed E-state index contributed by atoms with van der Waals surface area (Å²) in [5.41, 5.74) is 0.928. The van der Waals surface area contributed by atoms with Gasteiger partial charge in [-0.05, 0) is 58.3 Å². The molecule has 1 aromatic heterocycles. The van der Waals surface area contributed by atoms with Gasteiger partial charge in [-0.1, -0.05) is 30.3 Å². The molecule has 1 aliphatic carbocycles. The zero-order valence-corrected chi connectivity index (χ0v) is 17.2. The zero-order valence-electron chi connectivity index (χ0n) is 17.2. The first kappa shape index (κ1) is 19.2. The Kier molecular flexibility index (Phi) is 5.54. The topological polar surface area (TPSA) is 41.4 Å². The molecule has 2 fully saturated rings. The Hall–Kier alpha value is -2.14. The Labute approximate surface area is 168 Å². The summed E-state index contributed by atoms with van der Waals surface area (Å²) in [6.07, 6.45) is 9.27. The lowest BCUT2D eigenvalue weighted by Gasteiger charge is -2.35. The molecule has 1 aromatic carbocycles. The number of carbonyl (C=O) groups excluding carboxylic acids is 1. The van der Waals surface area contributed by atoms with Crippen molar-refractivity contribution in [2.24, 2.45) is 0 Å². The average molecular weight is 381 g/mol. The normalized spacial score (nSPS) is 21.1. The molecule has 1 amide bonds. The smallest absolute Gasteiger partial charge is 0.233 e. The number of amides is 1. The van der Waals surface area contributed by atoms with E-state index in [1.807, 2.05) is 24.4 Å². The van der Waals surface area contributed by atoms with Crippen LogP contribution in [0.4, 0.5) is 0 Å². The van der Waals surface area contributed by atoms with E-state index in [9.17, 15) is 4.79 Å². The van der Waals surface area contributed by atoms with Crippen molar-refractivity contribution in [1.82, 2.24) is 19.4 Å². The van der Waals surface area contributed by atoms with Gasteiger partial charge in [-0.15, -0.1) is 0 Å². The number of piperidine rings is 1. The second-order valence-corrected chi connectivity index (χ2v) is 8.67. The average Bonchev–Trinajstić information content (AvgIpc) is 3.40. The first-order valence-electron chi connectivity index (χ1n) is 10.6. The van der Waals surface area contributed by atoms with Crippen molar-refractivity contribution in [3.63, 3.8) is 0 Å². The summed E-state index contributed by atoms with van der Waals surface area (Å²) in [5, 5.41) is 0. The molecule has 2 aromatic rings. The van der Waals surface area contributed by atoms with Gasteiger partial charge in [0.1, 0.15) is 5.82 Å². The van der Waals surface area contributed by atoms with E-state index in [1.165, 1.54) is 5.56 Å². The van der Waals surface area contributed by atoms with Crippen LogP contribution in [0.3, 0.4) is 0 Å². The van der Waals surface area contributed by atoms with Gasteiger partial charge >= 0.3 is 0 Å². The molecule has 2 aliphatic rings. The zero-order chi connectivity index (χ0) is 19.6. The summed E-state index contributed by atoms with van der Waals surface area (Å²) in [7, 11) is 4.22. The Bertz CT molecular complexity index is 794. The van der Waals surface area contributed by atoms with Crippen molar-refractivity contribution in [2.75, 3.05) is 33.7 Å². The molecule has 150 valence electrons. The maximum absolute atomic E-state index is 13.4. The molecule has 4 rings (SSSR count). The van der Waals surface area contributed by atoms with Crippen LogP contribution >= 0.6 is 0 Å². The number of rotatable bonds is 7. The van der Waals surface area contributed by atoms with Crippen molar-refractivity contribution in [2.45, 2.75) is 50.0 Å². The highest BCUT2D eigenvalue weighted by Gasteiger charge is 2.53. The molecule has 1 atom stereocenters. The number of benzene rings is 1. The van der Waals surface area contributed by atoms with Gasteiger partial charge in [0.25, 0.3) is 0 Å². The molecule has 1 saturated carbocycles. The molecule has 0 unspecified atom stereocenters. The van der Waals surface area contributed by atoms with Crippen molar-refractivity contribution in [3.8, 4) is 0 Å². The van der Waals surface area contributed by atoms with Crippen LogP contribution in [-0.2, 0) is 16.8 Å². The van der Waals surface area contributed by atoms with E-state index < -0.39 is 0 Å². The molecule has 5 heteroatoms. The summed E-state index contributed by atoms with van der Waals surface area (Å²) in [4.78, 5) is 22.4. The first-order valence-corrected chi connectivity index (χ1v) is 10.6. The summed E-state index contributed by atoms with van der Waals surface area (Å²) in [5.74, 6) is 1.83. The minimum absolute atomic E-state index is 0.260. The Morgan fingerprint density at radius 1 is 1.25 bits per heavy atom. The fourth-order valence-electron chi connectivity index (χ4n) is 4.61. The number of nitrogens with zero attached hydrogens (tertiary/aromatic N) is 4. The monoisotopic (exact) mass is 380 g/mol. The number of hydrogen-bond donors (Lipinski definition) is 0. The van der Waals surface area contributed by atoms with Gasteiger partial charge in [0.2, 0.25) is 5.91 Å². The van der Waals surface area contributed by atoms with Gasteiger partial charge in [-0.2, -0.15) is 0 Å². The van der Waals surface area contributed by atoms with Crippen LogP contribution in [0.5, 0.6) is 0 Å². The highest BCUT2D eigenvalue weighted by Crippen LogP contribution is 2.50. The fraction of sp³-hybridized carbons (Fsp3) is 0.565. The molecule has 2 heterocycles. The maximum atomic E-state index is 13.4. The number of aryl methyl sites for hydroxylation is 1. The summed E-state index contributed by atoms with van der Waals surface area (Å²) >= 11 is 0. The minimum atomic E-state index is -0.260. The molecule has 0 bridgehead atoms. The predicted molar refractivity (Wildman–Crippen MR) is 111 cm³/mol. The number of hydrogen-bond acceptors (Lipinski definition) is 3. The van der Waals surface area contributed by atoms with E-state index in [2.05, 4.69) is 51.8 Å². The van der Waals surface area contributed by atoms with Crippen LogP contribution in [0.15, 0.2) is 42.7 Å². The lowest BCUT2D eigenvalue weighted by atomic mass is 9.91. The van der Waals surface area contributed by atoms with Gasteiger partial charge in [0.05, 0.1) is 5.41 Å². The first-order chi connectivity index (χ1) is 13.6. The van der Waals surface area contributed by atoms with E-state index in [-0.39, 0.29) is 5.41 Å². The quantitative estimate of drug-likeness (QED) is 0.740. The molecule has 28 heavy (non-hydrogen) atoms. The second kappa shape index (κ2) is 8.08.